The maximum atomic E-state index is 12.9. The van der Waals surface area contributed by atoms with Gasteiger partial charge in [-0.1, -0.05) is 12.1 Å². The van der Waals surface area contributed by atoms with E-state index >= 15 is 0 Å². The number of likely N-dealkylation sites (tertiary alicyclic amines) is 1. The molecule has 1 heterocycles. The van der Waals surface area contributed by atoms with Crippen LogP contribution in [0.4, 0.5) is 5.69 Å². The fraction of sp³-hybridized carbons (Fsp3) is 0.350. The quantitative estimate of drug-likeness (QED) is 0.849. The Morgan fingerprint density at radius 1 is 1.16 bits per heavy atom. The summed E-state index contributed by atoms with van der Waals surface area (Å²) in [4.78, 5) is 14.8. The second-order valence-electron chi connectivity index (χ2n) is 6.27. The molecule has 0 radical (unpaired) electrons. The van der Waals surface area contributed by atoms with Crippen LogP contribution in [0.2, 0.25) is 0 Å². The molecule has 2 aromatic rings. The monoisotopic (exact) mass is 340 g/mol. The number of hydrogen-bond donors (Lipinski definition) is 1. The van der Waals surface area contributed by atoms with Crippen LogP contribution in [0.3, 0.4) is 0 Å². The zero-order valence-electron chi connectivity index (χ0n) is 14.7. The summed E-state index contributed by atoms with van der Waals surface area (Å²) < 4.78 is 10.9. The number of hydrogen-bond acceptors (Lipinski definition) is 4. The van der Waals surface area contributed by atoms with Gasteiger partial charge in [0.15, 0.2) is 0 Å². The van der Waals surface area contributed by atoms with E-state index in [1.54, 1.807) is 14.2 Å². The molecular weight excluding hydrogens is 316 g/mol. The van der Waals surface area contributed by atoms with Gasteiger partial charge in [0.2, 0.25) is 5.91 Å². The minimum absolute atomic E-state index is 0.0198. The van der Waals surface area contributed by atoms with Gasteiger partial charge in [0.25, 0.3) is 0 Å². The first kappa shape index (κ1) is 17.1. The number of carbonyl (C=O) groups excluding carboxylic acids is 1. The summed E-state index contributed by atoms with van der Waals surface area (Å²) in [5, 5.41) is 0. The normalized spacial score (nSPS) is 16.7. The number of carbonyl (C=O) groups is 1. The van der Waals surface area contributed by atoms with Crippen molar-refractivity contribution in [2.45, 2.75) is 25.3 Å². The number of amides is 1. The van der Waals surface area contributed by atoms with Gasteiger partial charge in [-0.15, -0.1) is 0 Å². The molecule has 0 unspecified atom stereocenters. The molecule has 1 amide bonds. The molecular formula is C20H24N2O3. The zero-order valence-corrected chi connectivity index (χ0v) is 14.7. The number of methoxy groups -OCH3 is 2. The van der Waals surface area contributed by atoms with Crippen molar-refractivity contribution in [3.63, 3.8) is 0 Å². The molecule has 0 spiro atoms. The van der Waals surface area contributed by atoms with Crippen LogP contribution in [-0.2, 0) is 11.2 Å². The van der Waals surface area contributed by atoms with E-state index in [0.29, 0.717) is 12.1 Å². The highest BCUT2D eigenvalue weighted by atomic mass is 16.5. The van der Waals surface area contributed by atoms with Gasteiger partial charge in [0.05, 0.1) is 26.7 Å². The van der Waals surface area contributed by atoms with Crippen molar-refractivity contribution < 1.29 is 14.3 Å². The summed E-state index contributed by atoms with van der Waals surface area (Å²) in [6.45, 7) is 0.763. The molecule has 1 aliphatic heterocycles. The Kier molecular flexibility index (Phi) is 5.12. The van der Waals surface area contributed by atoms with Gasteiger partial charge in [0, 0.05) is 17.8 Å². The number of benzene rings is 2. The van der Waals surface area contributed by atoms with E-state index in [9.17, 15) is 4.79 Å². The Morgan fingerprint density at radius 3 is 2.60 bits per heavy atom. The van der Waals surface area contributed by atoms with E-state index in [0.717, 1.165) is 42.0 Å². The average Bonchev–Trinajstić information content (AvgIpc) is 3.12. The summed E-state index contributed by atoms with van der Waals surface area (Å²) in [6.07, 6.45) is 2.29. The predicted octanol–water partition coefficient (Wildman–Crippen LogP) is 3.19. The predicted molar refractivity (Wildman–Crippen MR) is 97.8 cm³/mol. The topological polar surface area (TPSA) is 64.8 Å². The standard InChI is InChI=1S/C20H24N2O3/c1-24-16-9-10-19(25-2)17(13-16)18-4-3-11-22(18)20(23)12-14-5-7-15(21)8-6-14/h5-10,13,18H,3-4,11-12,21H2,1-2H3/t18-/m0/s1. The van der Waals surface area contributed by atoms with Crippen LogP contribution in [0.15, 0.2) is 42.5 Å². The van der Waals surface area contributed by atoms with Crippen LogP contribution in [0.5, 0.6) is 11.5 Å². The van der Waals surface area contributed by atoms with Crippen molar-refractivity contribution in [2.75, 3.05) is 26.5 Å². The molecule has 5 heteroatoms. The highest BCUT2D eigenvalue weighted by molar-refractivity contribution is 5.80. The Bertz CT molecular complexity index is 743. The van der Waals surface area contributed by atoms with Crippen LogP contribution in [-0.4, -0.2) is 31.6 Å². The van der Waals surface area contributed by atoms with Crippen molar-refractivity contribution in [1.82, 2.24) is 4.90 Å². The molecule has 0 saturated carbocycles. The van der Waals surface area contributed by atoms with Gasteiger partial charge >= 0.3 is 0 Å². The first-order valence-electron chi connectivity index (χ1n) is 8.48. The lowest BCUT2D eigenvalue weighted by atomic mass is 10.0. The van der Waals surface area contributed by atoms with Gasteiger partial charge in [-0.05, 0) is 48.7 Å². The highest BCUT2D eigenvalue weighted by Gasteiger charge is 2.32. The van der Waals surface area contributed by atoms with Crippen LogP contribution < -0.4 is 15.2 Å². The lowest BCUT2D eigenvalue weighted by molar-refractivity contribution is -0.131. The van der Waals surface area contributed by atoms with Crippen LogP contribution in [0, 0.1) is 0 Å². The lowest BCUT2D eigenvalue weighted by Crippen LogP contribution is -2.32. The number of nitrogens with zero attached hydrogens (tertiary/aromatic N) is 1. The molecule has 1 aliphatic rings. The maximum absolute atomic E-state index is 12.9. The van der Waals surface area contributed by atoms with Gasteiger partial charge < -0.3 is 20.1 Å². The SMILES string of the molecule is COc1ccc(OC)c([C@@H]2CCCN2C(=O)Cc2ccc(N)cc2)c1. The molecule has 0 bridgehead atoms. The maximum Gasteiger partial charge on any atom is 0.227 e. The van der Waals surface area contributed by atoms with Crippen molar-refractivity contribution in [3.8, 4) is 11.5 Å². The minimum atomic E-state index is 0.0198. The van der Waals surface area contributed by atoms with Crippen LogP contribution in [0.1, 0.15) is 30.0 Å². The molecule has 0 aromatic heterocycles. The number of rotatable bonds is 5. The molecule has 1 saturated heterocycles. The third kappa shape index (κ3) is 3.71. The molecule has 1 fully saturated rings. The van der Waals surface area contributed by atoms with Gasteiger partial charge in [-0.3, -0.25) is 4.79 Å². The summed E-state index contributed by atoms with van der Waals surface area (Å²) in [6, 6.07) is 13.2. The summed E-state index contributed by atoms with van der Waals surface area (Å²) in [5.41, 5.74) is 8.40. The molecule has 25 heavy (non-hydrogen) atoms. The molecule has 132 valence electrons. The van der Waals surface area contributed by atoms with Crippen molar-refractivity contribution in [2.24, 2.45) is 0 Å². The molecule has 3 rings (SSSR count). The van der Waals surface area contributed by atoms with Crippen molar-refractivity contribution in [3.05, 3.63) is 53.6 Å². The van der Waals surface area contributed by atoms with E-state index in [4.69, 9.17) is 15.2 Å². The Labute approximate surface area is 148 Å². The number of anilines is 1. The summed E-state index contributed by atoms with van der Waals surface area (Å²) in [5.74, 6) is 1.68. The van der Waals surface area contributed by atoms with Gasteiger partial charge in [-0.25, -0.2) is 0 Å². The molecule has 2 aromatic carbocycles. The van der Waals surface area contributed by atoms with Crippen molar-refractivity contribution in [1.29, 1.82) is 0 Å². The third-order valence-corrected chi connectivity index (χ3v) is 4.70. The van der Waals surface area contributed by atoms with Crippen LogP contribution in [0.25, 0.3) is 0 Å². The first-order valence-corrected chi connectivity index (χ1v) is 8.48. The summed E-state index contributed by atoms with van der Waals surface area (Å²) >= 11 is 0. The second-order valence-corrected chi connectivity index (χ2v) is 6.27. The molecule has 5 nitrogen and oxygen atoms in total. The van der Waals surface area contributed by atoms with E-state index in [1.165, 1.54) is 0 Å². The van der Waals surface area contributed by atoms with E-state index in [1.807, 2.05) is 47.4 Å². The molecule has 1 atom stereocenters. The fourth-order valence-electron chi connectivity index (χ4n) is 3.40. The number of ether oxygens (including phenoxy) is 2. The smallest absolute Gasteiger partial charge is 0.227 e. The zero-order chi connectivity index (χ0) is 17.8. The van der Waals surface area contributed by atoms with Crippen LogP contribution >= 0.6 is 0 Å². The van der Waals surface area contributed by atoms with E-state index in [-0.39, 0.29) is 11.9 Å². The fourth-order valence-corrected chi connectivity index (χ4v) is 3.40. The number of nitrogens with two attached hydrogens (primary N) is 1. The summed E-state index contributed by atoms with van der Waals surface area (Å²) in [7, 11) is 3.30. The molecule has 2 N–H and O–H groups in total. The number of nitrogen functional groups attached to an aromatic ring is 1. The second kappa shape index (κ2) is 7.47. The minimum Gasteiger partial charge on any atom is -0.497 e. The van der Waals surface area contributed by atoms with E-state index < -0.39 is 0 Å². The highest BCUT2D eigenvalue weighted by Crippen LogP contribution is 2.39. The largest absolute Gasteiger partial charge is 0.497 e. The van der Waals surface area contributed by atoms with Gasteiger partial charge in [-0.2, -0.15) is 0 Å². The lowest BCUT2D eigenvalue weighted by Gasteiger charge is -2.27. The third-order valence-electron chi connectivity index (χ3n) is 4.70. The van der Waals surface area contributed by atoms with Crippen molar-refractivity contribution >= 4 is 11.6 Å². The molecule has 0 aliphatic carbocycles. The Morgan fingerprint density at radius 2 is 1.92 bits per heavy atom. The first-order chi connectivity index (χ1) is 12.1. The van der Waals surface area contributed by atoms with E-state index in [2.05, 4.69) is 0 Å². The average molecular weight is 340 g/mol. The Balaban J connectivity index is 1.82. The Hall–Kier alpha value is -2.69. The van der Waals surface area contributed by atoms with Gasteiger partial charge in [0.1, 0.15) is 11.5 Å².